The van der Waals surface area contributed by atoms with Crippen LogP contribution in [0.5, 0.6) is 11.5 Å². The normalized spacial score (nSPS) is 11.8. The highest BCUT2D eigenvalue weighted by molar-refractivity contribution is 7.46. The third kappa shape index (κ3) is 11.1. The predicted octanol–water partition coefficient (Wildman–Crippen LogP) is 3.53. The Bertz CT molecular complexity index is 685. The number of rotatable bonds is 13. The average molecular weight is 415 g/mol. The van der Waals surface area contributed by atoms with Crippen molar-refractivity contribution in [3.05, 3.63) is 35.9 Å². The molecule has 0 atom stereocenters. The number of allylic oxidation sites excluding steroid dienone is 2. The summed E-state index contributed by atoms with van der Waals surface area (Å²) in [6.45, 7) is 4.01. The SMILES string of the molecule is COc1cc(CNC(=O)CCCCC=CC(C)C)ccc1OCOP(=O)(O)O. The molecular formula is C19H30NO7P. The van der Waals surface area contributed by atoms with Crippen LogP contribution in [-0.2, 0) is 20.4 Å². The molecule has 1 amide bonds. The Kier molecular flexibility index (Phi) is 10.9. The molecule has 1 aromatic carbocycles. The quantitative estimate of drug-likeness (QED) is 0.195. The van der Waals surface area contributed by atoms with Gasteiger partial charge in [0.25, 0.3) is 0 Å². The Labute approximate surface area is 166 Å². The van der Waals surface area contributed by atoms with Gasteiger partial charge >= 0.3 is 7.82 Å². The molecule has 158 valence electrons. The molecule has 3 N–H and O–H groups in total. The first kappa shape index (κ1) is 24.2. The average Bonchev–Trinajstić information content (AvgIpc) is 2.62. The number of hydrogen-bond donors (Lipinski definition) is 3. The number of ether oxygens (including phenoxy) is 2. The number of amides is 1. The highest BCUT2D eigenvalue weighted by Gasteiger charge is 2.15. The third-order valence-corrected chi connectivity index (χ3v) is 4.14. The molecule has 0 heterocycles. The minimum Gasteiger partial charge on any atom is -0.493 e. The van der Waals surface area contributed by atoms with Crippen LogP contribution >= 0.6 is 7.82 Å². The standard InChI is InChI=1S/C19H30NO7P/c1-15(2)8-6-4-5-7-9-19(21)20-13-16-10-11-17(18(12-16)25-3)26-14-27-28(22,23)24/h6,8,10-12,15H,4-5,7,9,13-14H2,1-3H3,(H,20,21)(H2,22,23,24). The molecule has 0 saturated heterocycles. The summed E-state index contributed by atoms with van der Waals surface area (Å²) < 4.78 is 25.2. The monoisotopic (exact) mass is 415 g/mol. The highest BCUT2D eigenvalue weighted by Crippen LogP contribution is 2.36. The van der Waals surface area contributed by atoms with Gasteiger partial charge in [-0.3, -0.25) is 4.79 Å². The van der Waals surface area contributed by atoms with E-state index in [0.29, 0.717) is 24.6 Å². The number of methoxy groups -OCH3 is 1. The van der Waals surface area contributed by atoms with Crippen LogP contribution < -0.4 is 14.8 Å². The number of phosphoric acid groups is 1. The Balaban J connectivity index is 2.39. The maximum Gasteiger partial charge on any atom is 0.472 e. The Morgan fingerprint density at radius 3 is 2.64 bits per heavy atom. The van der Waals surface area contributed by atoms with E-state index in [2.05, 4.69) is 35.8 Å². The van der Waals surface area contributed by atoms with Crippen molar-refractivity contribution in [2.45, 2.75) is 46.1 Å². The first-order chi connectivity index (χ1) is 13.2. The summed E-state index contributed by atoms with van der Waals surface area (Å²) in [5, 5.41) is 2.86. The van der Waals surface area contributed by atoms with Gasteiger partial charge in [0.05, 0.1) is 7.11 Å². The summed E-state index contributed by atoms with van der Waals surface area (Å²) in [7, 11) is -3.15. The zero-order valence-electron chi connectivity index (χ0n) is 16.6. The highest BCUT2D eigenvalue weighted by atomic mass is 31.2. The molecular weight excluding hydrogens is 385 g/mol. The molecule has 0 radical (unpaired) electrons. The molecule has 28 heavy (non-hydrogen) atoms. The lowest BCUT2D eigenvalue weighted by Gasteiger charge is -2.13. The van der Waals surface area contributed by atoms with Crippen molar-refractivity contribution in [3.8, 4) is 11.5 Å². The largest absolute Gasteiger partial charge is 0.493 e. The van der Waals surface area contributed by atoms with Gasteiger partial charge in [0, 0.05) is 13.0 Å². The maximum atomic E-state index is 11.9. The van der Waals surface area contributed by atoms with Gasteiger partial charge in [-0.25, -0.2) is 9.09 Å². The number of benzene rings is 1. The van der Waals surface area contributed by atoms with Crippen molar-refractivity contribution < 1.29 is 33.1 Å². The van der Waals surface area contributed by atoms with Gasteiger partial charge < -0.3 is 24.6 Å². The Morgan fingerprint density at radius 1 is 1.25 bits per heavy atom. The topological polar surface area (TPSA) is 114 Å². The van der Waals surface area contributed by atoms with Gasteiger partial charge in [-0.05, 0) is 42.9 Å². The van der Waals surface area contributed by atoms with Crippen molar-refractivity contribution in [2.75, 3.05) is 13.9 Å². The summed E-state index contributed by atoms with van der Waals surface area (Å²) in [6.07, 6.45) is 7.60. The number of nitrogens with one attached hydrogen (secondary N) is 1. The number of carbonyl (C=O) groups is 1. The molecule has 0 aliphatic heterocycles. The second kappa shape index (κ2) is 12.6. The minimum atomic E-state index is -4.60. The molecule has 0 spiro atoms. The fourth-order valence-electron chi connectivity index (χ4n) is 2.30. The molecule has 8 nitrogen and oxygen atoms in total. The van der Waals surface area contributed by atoms with Crippen LogP contribution in [-0.4, -0.2) is 29.6 Å². The molecule has 0 aliphatic carbocycles. The van der Waals surface area contributed by atoms with E-state index in [1.165, 1.54) is 7.11 Å². The maximum absolute atomic E-state index is 11.9. The lowest BCUT2D eigenvalue weighted by Crippen LogP contribution is -2.22. The summed E-state index contributed by atoms with van der Waals surface area (Å²) in [4.78, 5) is 29.2. The molecule has 1 aromatic rings. The van der Waals surface area contributed by atoms with Crippen LogP contribution in [0.4, 0.5) is 0 Å². The van der Waals surface area contributed by atoms with Crippen LogP contribution in [0.25, 0.3) is 0 Å². The van der Waals surface area contributed by atoms with E-state index in [0.717, 1.165) is 24.8 Å². The fourth-order valence-corrected chi connectivity index (χ4v) is 2.49. The van der Waals surface area contributed by atoms with Gasteiger partial charge in [-0.2, -0.15) is 0 Å². The van der Waals surface area contributed by atoms with Gasteiger partial charge in [0.1, 0.15) is 0 Å². The predicted molar refractivity (Wildman–Crippen MR) is 106 cm³/mol. The lowest BCUT2D eigenvalue weighted by molar-refractivity contribution is -0.121. The van der Waals surface area contributed by atoms with Crippen molar-refractivity contribution in [3.63, 3.8) is 0 Å². The van der Waals surface area contributed by atoms with E-state index in [4.69, 9.17) is 19.3 Å². The molecule has 0 fully saturated rings. The summed E-state index contributed by atoms with van der Waals surface area (Å²) in [5.41, 5.74) is 0.813. The first-order valence-electron chi connectivity index (χ1n) is 9.14. The second-order valence-electron chi connectivity index (χ2n) is 6.56. The van der Waals surface area contributed by atoms with Crippen LogP contribution in [0.3, 0.4) is 0 Å². The summed E-state index contributed by atoms with van der Waals surface area (Å²) in [5.74, 6) is 1.19. The molecule has 0 aromatic heterocycles. The smallest absolute Gasteiger partial charge is 0.472 e. The lowest BCUT2D eigenvalue weighted by atomic mass is 10.1. The fraction of sp³-hybridized carbons (Fsp3) is 0.526. The van der Waals surface area contributed by atoms with Gasteiger partial charge in [0.15, 0.2) is 11.5 Å². The van der Waals surface area contributed by atoms with Crippen molar-refractivity contribution in [1.29, 1.82) is 0 Å². The molecule has 0 saturated carbocycles. The Morgan fingerprint density at radius 2 is 2.00 bits per heavy atom. The zero-order valence-corrected chi connectivity index (χ0v) is 17.5. The van der Waals surface area contributed by atoms with Crippen LogP contribution in [0.1, 0.15) is 45.1 Å². The van der Waals surface area contributed by atoms with Gasteiger partial charge in [0.2, 0.25) is 12.7 Å². The number of phosphoric ester groups is 1. The van der Waals surface area contributed by atoms with E-state index in [-0.39, 0.29) is 11.7 Å². The van der Waals surface area contributed by atoms with E-state index >= 15 is 0 Å². The van der Waals surface area contributed by atoms with E-state index in [9.17, 15) is 9.36 Å². The number of carbonyl (C=O) groups excluding carboxylic acids is 1. The van der Waals surface area contributed by atoms with Gasteiger partial charge in [-0.15, -0.1) is 0 Å². The molecule has 0 bridgehead atoms. The second-order valence-corrected chi connectivity index (χ2v) is 7.80. The minimum absolute atomic E-state index is 0.0119. The van der Waals surface area contributed by atoms with Crippen molar-refractivity contribution >= 4 is 13.7 Å². The van der Waals surface area contributed by atoms with Crippen molar-refractivity contribution in [2.24, 2.45) is 5.92 Å². The van der Waals surface area contributed by atoms with E-state index in [1.54, 1.807) is 18.2 Å². The molecule has 9 heteroatoms. The Hall–Kier alpha value is -1.86. The summed E-state index contributed by atoms with van der Waals surface area (Å²) in [6, 6.07) is 5.00. The summed E-state index contributed by atoms with van der Waals surface area (Å²) >= 11 is 0. The molecule has 0 aliphatic rings. The van der Waals surface area contributed by atoms with Gasteiger partial charge in [-0.1, -0.05) is 32.1 Å². The van der Waals surface area contributed by atoms with Crippen LogP contribution in [0, 0.1) is 5.92 Å². The van der Waals surface area contributed by atoms with E-state index < -0.39 is 14.6 Å². The number of hydrogen-bond acceptors (Lipinski definition) is 5. The first-order valence-corrected chi connectivity index (χ1v) is 10.7. The third-order valence-electron chi connectivity index (χ3n) is 3.70. The van der Waals surface area contributed by atoms with E-state index in [1.807, 2.05) is 0 Å². The van der Waals surface area contributed by atoms with Crippen LogP contribution in [0.2, 0.25) is 0 Å². The molecule has 0 unspecified atom stereocenters. The zero-order chi connectivity index (χ0) is 21.0. The van der Waals surface area contributed by atoms with Crippen molar-refractivity contribution in [1.82, 2.24) is 5.32 Å². The molecule has 1 rings (SSSR count). The number of unbranched alkanes of at least 4 members (excludes halogenated alkanes) is 2. The van der Waals surface area contributed by atoms with Crippen LogP contribution in [0.15, 0.2) is 30.4 Å².